The highest BCUT2D eigenvalue weighted by atomic mass is 19.4. The average Bonchev–Trinajstić information content (AvgIpc) is 3.34. The van der Waals surface area contributed by atoms with E-state index in [1.807, 2.05) is 13.8 Å². The van der Waals surface area contributed by atoms with Crippen molar-refractivity contribution in [2.24, 2.45) is 11.5 Å². The Balaban J connectivity index is 0.00000301. The molecule has 0 bridgehead atoms. The molecule has 4 N–H and O–H groups in total. The fourth-order valence-corrected chi connectivity index (χ4v) is 4.06. The number of halogens is 6. The Bertz CT molecular complexity index is 1190. The van der Waals surface area contributed by atoms with E-state index in [1.165, 1.54) is 4.90 Å². The minimum Gasteiger partial charge on any atom is -0.458 e. The van der Waals surface area contributed by atoms with Gasteiger partial charge in [0.15, 0.2) is 17.3 Å². The summed E-state index contributed by atoms with van der Waals surface area (Å²) < 4.78 is 97.5. The van der Waals surface area contributed by atoms with E-state index >= 15 is 0 Å². The van der Waals surface area contributed by atoms with Gasteiger partial charge >= 0.3 is 12.1 Å². The van der Waals surface area contributed by atoms with Crippen molar-refractivity contribution in [3.63, 3.8) is 0 Å². The zero-order valence-corrected chi connectivity index (χ0v) is 23.3. The second-order valence-corrected chi connectivity index (χ2v) is 8.87. The summed E-state index contributed by atoms with van der Waals surface area (Å²) in [7, 11) is 0. The molecule has 0 radical (unpaired) electrons. The lowest BCUT2D eigenvalue weighted by atomic mass is 10.0. The minimum absolute atomic E-state index is 0.0407. The molecule has 10 nitrogen and oxygen atoms in total. The number of alkyl halides is 3. The Morgan fingerprint density at radius 2 is 1.60 bits per heavy atom. The van der Waals surface area contributed by atoms with Crippen LogP contribution in [0.15, 0.2) is 12.1 Å². The Morgan fingerprint density at radius 1 is 0.976 bits per heavy atom. The van der Waals surface area contributed by atoms with E-state index < -0.39 is 59.6 Å². The third-order valence-corrected chi connectivity index (χ3v) is 5.91. The fraction of sp³-hybridized carbons (Fsp3) is 0.577. The predicted octanol–water partition coefficient (Wildman–Crippen LogP) is 2.80. The molecule has 42 heavy (non-hydrogen) atoms. The van der Waals surface area contributed by atoms with Crippen LogP contribution in [0.4, 0.5) is 26.3 Å². The molecule has 1 amide bonds. The average molecular weight is 612 g/mol. The molecule has 1 aliphatic heterocycles. The molecule has 0 fully saturated rings. The van der Waals surface area contributed by atoms with Gasteiger partial charge in [-0.15, -0.1) is 0 Å². The van der Waals surface area contributed by atoms with Crippen LogP contribution < -0.4 is 11.5 Å². The first kappa shape index (κ1) is 35.0. The number of rotatable bonds is 13. The first-order chi connectivity index (χ1) is 19.9. The molecule has 2 heterocycles. The van der Waals surface area contributed by atoms with Gasteiger partial charge in [-0.25, -0.2) is 22.9 Å². The molecule has 16 heteroatoms. The highest BCUT2D eigenvalue weighted by Gasteiger charge is 2.42. The normalized spacial score (nSPS) is 13.7. The number of amides is 1. The van der Waals surface area contributed by atoms with E-state index in [1.54, 1.807) is 0 Å². The molecule has 1 unspecified atom stereocenters. The van der Waals surface area contributed by atoms with E-state index in [0.29, 0.717) is 25.3 Å². The summed E-state index contributed by atoms with van der Waals surface area (Å²) >= 11 is 0. The lowest BCUT2D eigenvalue weighted by Crippen LogP contribution is -2.42. The van der Waals surface area contributed by atoms with Gasteiger partial charge in [-0.1, -0.05) is 13.8 Å². The summed E-state index contributed by atoms with van der Waals surface area (Å²) in [4.78, 5) is 30.1. The number of imidazole rings is 1. The van der Waals surface area contributed by atoms with Crippen LogP contribution in [-0.2, 0) is 44.7 Å². The van der Waals surface area contributed by atoms with Crippen molar-refractivity contribution in [3.8, 4) is 0 Å². The number of nitrogens with two attached hydrogens (primary N) is 2. The lowest BCUT2D eigenvalue weighted by Gasteiger charge is -2.30. The number of carbonyl (C=O) groups is 2. The summed E-state index contributed by atoms with van der Waals surface area (Å²) in [5.41, 5.74) is 10.2. The SMILES string of the molecule is CC.NCCOCCOCCOC(=O)c1nc(C(F)(F)F)n2c1CN(C(=O)CC(N)Cc1cc(F)c(F)cc1F)CC2. The summed E-state index contributed by atoms with van der Waals surface area (Å²) in [6.45, 7) is 4.00. The number of fused-ring (bicyclic) bond motifs is 1. The van der Waals surface area contributed by atoms with Gasteiger partial charge in [-0.3, -0.25) is 4.79 Å². The van der Waals surface area contributed by atoms with Gasteiger partial charge in [-0.05, 0) is 18.1 Å². The van der Waals surface area contributed by atoms with Crippen LogP contribution in [0.1, 0.15) is 47.8 Å². The monoisotopic (exact) mass is 611 g/mol. The maximum atomic E-state index is 13.9. The molecule has 1 aliphatic rings. The highest BCUT2D eigenvalue weighted by Crippen LogP contribution is 2.32. The smallest absolute Gasteiger partial charge is 0.449 e. The third kappa shape index (κ3) is 9.68. The van der Waals surface area contributed by atoms with E-state index in [9.17, 15) is 35.9 Å². The van der Waals surface area contributed by atoms with E-state index in [2.05, 4.69) is 4.98 Å². The van der Waals surface area contributed by atoms with Crippen LogP contribution in [0, 0.1) is 17.5 Å². The number of aromatic nitrogens is 2. The van der Waals surface area contributed by atoms with Crippen LogP contribution in [0.3, 0.4) is 0 Å². The molecule has 0 saturated heterocycles. The lowest BCUT2D eigenvalue weighted by molar-refractivity contribution is -0.148. The van der Waals surface area contributed by atoms with Gasteiger partial charge in [0.05, 0.1) is 38.7 Å². The van der Waals surface area contributed by atoms with Gasteiger partial charge in [-0.2, -0.15) is 13.2 Å². The molecular weight excluding hydrogens is 576 g/mol. The van der Waals surface area contributed by atoms with E-state index in [0.717, 1.165) is 4.57 Å². The molecule has 236 valence electrons. The van der Waals surface area contributed by atoms with Crippen LogP contribution in [0.25, 0.3) is 0 Å². The predicted molar refractivity (Wildman–Crippen MR) is 138 cm³/mol. The quantitative estimate of drug-likeness (QED) is 0.153. The number of carbonyl (C=O) groups excluding carboxylic acids is 2. The number of ether oxygens (including phenoxy) is 3. The van der Waals surface area contributed by atoms with Crippen LogP contribution in [0.2, 0.25) is 0 Å². The van der Waals surface area contributed by atoms with Gasteiger partial charge in [0.25, 0.3) is 0 Å². The minimum atomic E-state index is -4.87. The molecule has 0 saturated carbocycles. The molecule has 2 aromatic rings. The van der Waals surface area contributed by atoms with Crippen molar-refractivity contribution in [1.82, 2.24) is 14.5 Å². The van der Waals surface area contributed by atoms with E-state index in [4.69, 9.17) is 25.7 Å². The second-order valence-electron chi connectivity index (χ2n) is 8.87. The van der Waals surface area contributed by atoms with Crippen molar-refractivity contribution >= 4 is 11.9 Å². The molecule has 1 aromatic carbocycles. The number of hydrogen-bond donors (Lipinski definition) is 2. The number of esters is 1. The number of hydrogen-bond acceptors (Lipinski definition) is 8. The highest BCUT2D eigenvalue weighted by molar-refractivity contribution is 5.89. The Morgan fingerprint density at radius 3 is 2.24 bits per heavy atom. The van der Waals surface area contributed by atoms with E-state index in [-0.39, 0.29) is 63.6 Å². The molecule has 3 rings (SSSR count). The standard InChI is InChI=1S/C24H29F6N5O5.C2H6/c25-16-12-18(27)17(26)10-14(16)9-15(32)11-20(36)34-2-3-35-19(13-34)21(33-23(35)24(28,29)30)22(37)40-8-7-39-6-5-38-4-1-31;1-2/h10,12,15H,1-9,11,13,31-32H2;1-2H3. The van der Waals surface area contributed by atoms with Crippen molar-refractivity contribution < 1.29 is 50.1 Å². The van der Waals surface area contributed by atoms with Crippen LogP contribution in [-0.4, -0.2) is 78.5 Å². The summed E-state index contributed by atoms with van der Waals surface area (Å²) in [6.07, 6.45) is -5.54. The Kier molecular flexibility index (Phi) is 13.7. The van der Waals surface area contributed by atoms with Gasteiger partial charge in [0, 0.05) is 38.2 Å². The maximum absolute atomic E-state index is 13.9. The third-order valence-electron chi connectivity index (χ3n) is 5.91. The topological polar surface area (TPSA) is 135 Å². The van der Waals surface area contributed by atoms with Gasteiger partial charge < -0.3 is 35.1 Å². The molecule has 1 atom stereocenters. The molecule has 0 spiro atoms. The molecule has 1 aromatic heterocycles. The van der Waals surface area contributed by atoms with Crippen LogP contribution in [0.5, 0.6) is 0 Å². The number of benzene rings is 1. The number of nitrogens with zero attached hydrogens (tertiary/aromatic N) is 3. The fourth-order valence-electron chi connectivity index (χ4n) is 4.06. The van der Waals surface area contributed by atoms with Crippen molar-refractivity contribution in [2.75, 3.05) is 46.1 Å². The van der Waals surface area contributed by atoms with Crippen molar-refractivity contribution in [2.45, 2.75) is 52.0 Å². The summed E-state index contributed by atoms with van der Waals surface area (Å²) in [5, 5.41) is 0. The second kappa shape index (κ2) is 16.4. The molecule has 0 aliphatic carbocycles. The van der Waals surface area contributed by atoms with Gasteiger partial charge in [0.1, 0.15) is 12.4 Å². The van der Waals surface area contributed by atoms with Crippen molar-refractivity contribution in [3.05, 3.63) is 52.4 Å². The first-order valence-corrected chi connectivity index (χ1v) is 13.3. The van der Waals surface area contributed by atoms with Crippen LogP contribution >= 0.6 is 0 Å². The zero-order valence-electron chi connectivity index (χ0n) is 23.3. The first-order valence-electron chi connectivity index (χ1n) is 13.3. The van der Waals surface area contributed by atoms with Crippen molar-refractivity contribution in [1.29, 1.82) is 0 Å². The Labute approximate surface area is 238 Å². The zero-order chi connectivity index (χ0) is 31.4. The summed E-state index contributed by atoms with van der Waals surface area (Å²) in [5.74, 6) is -6.70. The summed E-state index contributed by atoms with van der Waals surface area (Å²) in [6, 6.07) is 0.00842. The largest absolute Gasteiger partial charge is 0.458 e. The van der Waals surface area contributed by atoms with Gasteiger partial charge in [0.2, 0.25) is 11.7 Å². The maximum Gasteiger partial charge on any atom is 0.449 e. The molecular formula is C26H35F6N5O5. The Hall–Kier alpha value is -3.21.